The summed E-state index contributed by atoms with van der Waals surface area (Å²) >= 11 is 0. The maximum atomic E-state index is 4.18. The van der Waals surface area contributed by atoms with Crippen LogP contribution in [0, 0.1) is 5.92 Å². The molecule has 0 bridgehead atoms. The molecule has 0 aromatic carbocycles. The van der Waals surface area contributed by atoms with Crippen LogP contribution in [0.2, 0.25) is 0 Å². The van der Waals surface area contributed by atoms with Crippen LogP contribution in [-0.2, 0) is 0 Å². The van der Waals surface area contributed by atoms with Crippen LogP contribution in [0.15, 0.2) is 17.4 Å². The van der Waals surface area contributed by atoms with Crippen molar-refractivity contribution in [2.24, 2.45) is 10.9 Å². The predicted molar refractivity (Wildman–Crippen MR) is 52.8 cm³/mol. The molecule has 0 saturated carbocycles. The van der Waals surface area contributed by atoms with Crippen molar-refractivity contribution < 1.29 is 4.48 Å². The highest BCUT2D eigenvalue weighted by molar-refractivity contribution is 5.50. The molecule has 0 amide bonds. The van der Waals surface area contributed by atoms with Gasteiger partial charge in [-0.15, -0.1) is 0 Å². The third-order valence-corrected chi connectivity index (χ3v) is 2.09. The van der Waals surface area contributed by atoms with Gasteiger partial charge in [0.1, 0.15) is 6.20 Å². The molecule has 0 aromatic heterocycles. The summed E-state index contributed by atoms with van der Waals surface area (Å²) in [4.78, 5) is 4.18. The fraction of sp³-hybridized carbons (Fsp3) is 0.700. The molecule has 1 heterocycles. The summed E-state index contributed by atoms with van der Waals surface area (Å²) in [7, 11) is 0. The lowest BCUT2D eigenvalue weighted by Crippen LogP contribution is -2.43. The first-order valence-corrected chi connectivity index (χ1v) is 4.77. The zero-order valence-corrected chi connectivity index (χ0v) is 8.33. The zero-order chi connectivity index (χ0) is 9.03. The molecule has 0 aliphatic carbocycles. The van der Waals surface area contributed by atoms with Crippen LogP contribution in [0.3, 0.4) is 0 Å². The van der Waals surface area contributed by atoms with Gasteiger partial charge in [-0.3, -0.25) is 4.48 Å². The minimum atomic E-state index is 0.728. The SMILES string of the molecule is CCC[N+]1(CC(C)C)C=CN=C1. The molecule has 2 heteroatoms. The number of nitrogens with zero attached hydrogens (tertiary/aromatic N) is 2. The van der Waals surface area contributed by atoms with E-state index in [1.54, 1.807) is 0 Å². The van der Waals surface area contributed by atoms with E-state index in [4.69, 9.17) is 0 Å². The Kier molecular flexibility index (Phi) is 3.04. The van der Waals surface area contributed by atoms with Crippen molar-refractivity contribution in [3.8, 4) is 0 Å². The van der Waals surface area contributed by atoms with E-state index in [9.17, 15) is 0 Å². The molecule has 1 aliphatic heterocycles. The molecule has 0 saturated heterocycles. The average Bonchev–Trinajstić information content (AvgIpc) is 2.36. The smallest absolute Gasteiger partial charge is 0.194 e. The molecule has 0 radical (unpaired) electrons. The predicted octanol–water partition coefficient (Wildman–Crippen LogP) is 2.38. The summed E-state index contributed by atoms with van der Waals surface area (Å²) in [5, 5.41) is 0. The highest BCUT2D eigenvalue weighted by Gasteiger charge is 2.25. The second-order valence-corrected chi connectivity index (χ2v) is 3.97. The quantitative estimate of drug-likeness (QED) is 0.570. The summed E-state index contributed by atoms with van der Waals surface area (Å²) in [5.41, 5.74) is 0. The average molecular weight is 167 g/mol. The van der Waals surface area contributed by atoms with Gasteiger partial charge in [0.05, 0.1) is 19.3 Å². The first-order chi connectivity index (χ1) is 5.68. The number of aliphatic imine (C=N–C) groups is 1. The molecule has 0 N–H and O–H groups in total. The van der Waals surface area contributed by atoms with Crippen molar-refractivity contribution in [2.45, 2.75) is 27.2 Å². The molecule has 1 rings (SSSR count). The van der Waals surface area contributed by atoms with Gasteiger partial charge in [0.15, 0.2) is 6.34 Å². The molecule has 68 valence electrons. The Morgan fingerprint density at radius 2 is 2.17 bits per heavy atom. The fourth-order valence-electron chi connectivity index (χ4n) is 1.81. The van der Waals surface area contributed by atoms with Crippen LogP contribution < -0.4 is 0 Å². The van der Waals surface area contributed by atoms with Crippen LogP contribution in [0.4, 0.5) is 0 Å². The lowest BCUT2D eigenvalue weighted by atomic mass is 10.2. The van der Waals surface area contributed by atoms with Crippen molar-refractivity contribution >= 4 is 6.34 Å². The summed E-state index contributed by atoms with van der Waals surface area (Å²) in [6, 6.07) is 0. The lowest BCUT2D eigenvalue weighted by molar-refractivity contribution is -0.783. The second kappa shape index (κ2) is 3.85. The van der Waals surface area contributed by atoms with Crippen molar-refractivity contribution in [2.75, 3.05) is 13.1 Å². The van der Waals surface area contributed by atoms with Gasteiger partial charge in [-0.05, 0) is 6.42 Å². The third kappa shape index (κ3) is 2.18. The first kappa shape index (κ1) is 9.46. The lowest BCUT2D eigenvalue weighted by Gasteiger charge is -2.28. The molecule has 1 unspecified atom stereocenters. The van der Waals surface area contributed by atoms with Crippen molar-refractivity contribution in [1.29, 1.82) is 0 Å². The Labute approximate surface area is 75.2 Å². The molecule has 12 heavy (non-hydrogen) atoms. The molecule has 0 spiro atoms. The standard InChI is InChI=1S/C10H19N2/c1-4-6-12(8-10(2)3)7-5-11-9-12/h5,7,9-10H,4,6,8H2,1-3H3/q+1. The van der Waals surface area contributed by atoms with Crippen molar-refractivity contribution in [1.82, 2.24) is 0 Å². The van der Waals surface area contributed by atoms with Crippen LogP contribution in [0.1, 0.15) is 27.2 Å². The van der Waals surface area contributed by atoms with Crippen molar-refractivity contribution in [3.05, 3.63) is 12.4 Å². The van der Waals surface area contributed by atoms with Gasteiger partial charge < -0.3 is 0 Å². The Balaban J connectivity index is 2.60. The molecule has 1 aliphatic rings. The van der Waals surface area contributed by atoms with E-state index < -0.39 is 0 Å². The fourth-order valence-corrected chi connectivity index (χ4v) is 1.81. The number of hydrogen-bond donors (Lipinski definition) is 0. The Hall–Kier alpha value is -0.630. The first-order valence-electron chi connectivity index (χ1n) is 4.77. The molecule has 1 atom stereocenters. The second-order valence-electron chi connectivity index (χ2n) is 3.97. The minimum absolute atomic E-state index is 0.728. The van der Waals surface area contributed by atoms with Gasteiger partial charge in [0, 0.05) is 5.92 Å². The van der Waals surface area contributed by atoms with Gasteiger partial charge in [0.25, 0.3) is 0 Å². The molecular formula is C10H19N2+. The normalized spacial score (nSPS) is 27.3. The molecular weight excluding hydrogens is 148 g/mol. The maximum Gasteiger partial charge on any atom is 0.194 e. The van der Waals surface area contributed by atoms with Gasteiger partial charge in [-0.2, -0.15) is 0 Å². The topological polar surface area (TPSA) is 12.4 Å². The van der Waals surface area contributed by atoms with Gasteiger partial charge in [-0.1, -0.05) is 20.8 Å². The van der Waals surface area contributed by atoms with Crippen molar-refractivity contribution in [3.63, 3.8) is 0 Å². The number of rotatable bonds is 4. The number of hydrogen-bond acceptors (Lipinski definition) is 1. The largest absolute Gasteiger partial charge is 0.253 e. The van der Waals surface area contributed by atoms with Gasteiger partial charge in [0.2, 0.25) is 0 Å². The van der Waals surface area contributed by atoms with E-state index in [2.05, 4.69) is 38.3 Å². The summed E-state index contributed by atoms with van der Waals surface area (Å²) in [5.74, 6) is 0.728. The van der Waals surface area contributed by atoms with E-state index in [1.807, 2.05) is 6.20 Å². The third-order valence-electron chi connectivity index (χ3n) is 2.09. The summed E-state index contributed by atoms with van der Waals surface area (Å²) < 4.78 is 0.953. The van der Waals surface area contributed by atoms with Gasteiger partial charge >= 0.3 is 0 Å². The van der Waals surface area contributed by atoms with Crippen LogP contribution >= 0.6 is 0 Å². The minimum Gasteiger partial charge on any atom is -0.253 e. The van der Waals surface area contributed by atoms with Crippen LogP contribution in [-0.4, -0.2) is 23.9 Å². The van der Waals surface area contributed by atoms with Crippen LogP contribution in [0.25, 0.3) is 0 Å². The van der Waals surface area contributed by atoms with E-state index in [1.165, 1.54) is 19.5 Å². The van der Waals surface area contributed by atoms with E-state index in [0.29, 0.717) is 0 Å². The van der Waals surface area contributed by atoms with E-state index in [-0.39, 0.29) is 0 Å². The zero-order valence-electron chi connectivity index (χ0n) is 8.33. The van der Waals surface area contributed by atoms with E-state index >= 15 is 0 Å². The summed E-state index contributed by atoms with van der Waals surface area (Å²) in [6.45, 7) is 9.09. The monoisotopic (exact) mass is 167 g/mol. The molecule has 2 nitrogen and oxygen atoms in total. The maximum absolute atomic E-state index is 4.18. The van der Waals surface area contributed by atoms with Crippen LogP contribution in [0.5, 0.6) is 0 Å². The van der Waals surface area contributed by atoms with E-state index in [0.717, 1.165) is 10.4 Å². The Morgan fingerprint density at radius 1 is 1.42 bits per heavy atom. The highest BCUT2D eigenvalue weighted by atomic mass is 15.4. The number of quaternary nitrogens is 1. The molecule has 0 aromatic rings. The van der Waals surface area contributed by atoms with Gasteiger partial charge in [-0.25, -0.2) is 4.99 Å². The highest BCUT2D eigenvalue weighted by Crippen LogP contribution is 2.15. The Morgan fingerprint density at radius 3 is 2.58 bits per heavy atom. The molecule has 0 fully saturated rings. The Bertz CT molecular complexity index is 180. The summed E-state index contributed by atoms with van der Waals surface area (Å²) in [6.07, 6.45) is 7.38.